The highest BCUT2D eigenvalue weighted by atomic mass is 79.9. The van der Waals surface area contributed by atoms with E-state index in [4.69, 9.17) is 5.26 Å². The number of benzene rings is 1. The van der Waals surface area contributed by atoms with Gasteiger partial charge in [0.25, 0.3) is 0 Å². The van der Waals surface area contributed by atoms with Crippen molar-refractivity contribution >= 4 is 21.6 Å². The summed E-state index contributed by atoms with van der Waals surface area (Å²) in [6.07, 6.45) is 7.93. The fraction of sp³-hybridized carbons (Fsp3) is 0.533. The van der Waals surface area contributed by atoms with E-state index >= 15 is 0 Å². The first-order valence-corrected chi connectivity index (χ1v) is 7.43. The van der Waals surface area contributed by atoms with E-state index in [2.05, 4.69) is 40.0 Å². The lowest BCUT2D eigenvalue weighted by atomic mass is 10.1. The van der Waals surface area contributed by atoms with Gasteiger partial charge in [-0.05, 0) is 31.0 Å². The van der Waals surface area contributed by atoms with Crippen molar-refractivity contribution in [3.05, 3.63) is 28.2 Å². The first kappa shape index (κ1) is 13.4. The maximum absolute atomic E-state index is 9.03. The molecule has 0 aromatic heterocycles. The van der Waals surface area contributed by atoms with Crippen LogP contribution in [0.1, 0.15) is 44.1 Å². The Labute approximate surface area is 118 Å². The van der Waals surface area contributed by atoms with Crippen molar-refractivity contribution in [1.29, 1.82) is 5.26 Å². The van der Waals surface area contributed by atoms with Gasteiger partial charge in [-0.1, -0.05) is 41.6 Å². The lowest BCUT2D eigenvalue weighted by Crippen LogP contribution is -2.31. The van der Waals surface area contributed by atoms with Crippen LogP contribution >= 0.6 is 15.9 Å². The Hall–Kier alpha value is -1.01. The summed E-state index contributed by atoms with van der Waals surface area (Å²) in [5.41, 5.74) is 1.87. The molecule has 0 radical (unpaired) electrons. The van der Waals surface area contributed by atoms with Crippen LogP contribution in [0, 0.1) is 11.3 Å². The molecule has 1 fully saturated rings. The van der Waals surface area contributed by atoms with Gasteiger partial charge in [0.2, 0.25) is 0 Å². The minimum Gasteiger partial charge on any atom is -0.372 e. The van der Waals surface area contributed by atoms with E-state index in [-0.39, 0.29) is 0 Å². The van der Waals surface area contributed by atoms with Gasteiger partial charge in [0.05, 0.1) is 11.6 Å². The predicted molar refractivity (Wildman–Crippen MR) is 78.8 cm³/mol. The third kappa shape index (κ3) is 3.26. The van der Waals surface area contributed by atoms with Gasteiger partial charge in [-0.3, -0.25) is 0 Å². The number of nitriles is 1. The molecule has 0 N–H and O–H groups in total. The molecule has 0 saturated heterocycles. The van der Waals surface area contributed by atoms with E-state index in [1.165, 1.54) is 38.5 Å². The van der Waals surface area contributed by atoms with Crippen LogP contribution in [-0.2, 0) is 0 Å². The number of anilines is 1. The average molecular weight is 307 g/mol. The number of hydrogen-bond donors (Lipinski definition) is 0. The molecule has 1 aromatic rings. The summed E-state index contributed by atoms with van der Waals surface area (Å²) < 4.78 is 0.983. The molecule has 0 atom stereocenters. The molecule has 0 spiro atoms. The normalized spacial score (nSPS) is 16.9. The van der Waals surface area contributed by atoms with Gasteiger partial charge in [-0.25, -0.2) is 0 Å². The summed E-state index contributed by atoms with van der Waals surface area (Å²) in [6, 6.07) is 8.79. The van der Waals surface area contributed by atoms with Crippen LogP contribution < -0.4 is 4.90 Å². The van der Waals surface area contributed by atoms with Crippen molar-refractivity contribution in [2.45, 2.75) is 44.6 Å². The Morgan fingerprint density at radius 3 is 2.44 bits per heavy atom. The van der Waals surface area contributed by atoms with Crippen LogP contribution in [0.2, 0.25) is 0 Å². The summed E-state index contributed by atoms with van der Waals surface area (Å²) in [4.78, 5) is 2.34. The second kappa shape index (κ2) is 6.24. The quantitative estimate of drug-likeness (QED) is 0.753. The molecule has 0 aliphatic heterocycles. The van der Waals surface area contributed by atoms with Crippen molar-refractivity contribution in [3.63, 3.8) is 0 Å². The van der Waals surface area contributed by atoms with Gasteiger partial charge < -0.3 is 4.90 Å². The smallest absolute Gasteiger partial charge is 0.0992 e. The van der Waals surface area contributed by atoms with E-state index in [0.29, 0.717) is 6.04 Å². The van der Waals surface area contributed by atoms with E-state index in [9.17, 15) is 0 Å². The largest absolute Gasteiger partial charge is 0.372 e. The molecule has 18 heavy (non-hydrogen) atoms. The van der Waals surface area contributed by atoms with Crippen LogP contribution in [0.4, 0.5) is 5.69 Å². The van der Waals surface area contributed by atoms with Gasteiger partial charge in [-0.2, -0.15) is 5.26 Å². The lowest BCUT2D eigenvalue weighted by Gasteiger charge is -2.29. The van der Waals surface area contributed by atoms with Gasteiger partial charge in [0.15, 0.2) is 0 Å². The zero-order valence-electron chi connectivity index (χ0n) is 10.8. The van der Waals surface area contributed by atoms with Crippen molar-refractivity contribution < 1.29 is 0 Å². The summed E-state index contributed by atoms with van der Waals surface area (Å²) in [7, 11) is 2.15. The predicted octanol–water partition coefficient (Wildman–Crippen LogP) is 4.48. The van der Waals surface area contributed by atoms with Crippen LogP contribution in [-0.4, -0.2) is 13.1 Å². The fourth-order valence-electron chi connectivity index (χ4n) is 2.70. The molecule has 1 aliphatic rings. The maximum Gasteiger partial charge on any atom is 0.0992 e. The number of halogens is 1. The highest BCUT2D eigenvalue weighted by Crippen LogP contribution is 2.28. The third-order valence-corrected chi connectivity index (χ3v) is 4.25. The highest BCUT2D eigenvalue weighted by Gasteiger charge is 2.17. The van der Waals surface area contributed by atoms with Crippen molar-refractivity contribution in [3.8, 4) is 6.07 Å². The zero-order chi connectivity index (χ0) is 13.0. The molecule has 1 aromatic carbocycles. The Bertz CT molecular complexity index is 442. The molecule has 0 amide bonds. The SMILES string of the molecule is CN(c1cc(Br)cc(C#N)c1)C1CCCCCC1. The molecule has 3 heteroatoms. The monoisotopic (exact) mass is 306 g/mol. The van der Waals surface area contributed by atoms with Gasteiger partial charge in [-0.15, -0.1) is 0 Å². The lowest BCUT2D eigenvalue weighted by molar-refractivity contribution is 0.553. The zero-order valence-corrected chi connectivity index (χ0v) is 12.4. The van der Waals surface area contributed by atoms with Gasteiger partial charge in [0.1, 0.15) is 0 Å². The van der Waals surface area contributed by atoms with Crippen molar-refractivity contribution in [1.82, 2.24) is 0 Å². The molecule has 1 aliphatic carbocycles. The standard InChI is InChI=1S/C15H19BrN2/c1-18(14-6-4-2-3-5-7-14)15-9-12(11-17)8-13(16)10-15/h8-10,14H,2-7H2,1H3. The average Bonchev–Trinajstić information content (AvgIpc) is 2.65. The second-order valence-corrected chi connectivity index (χ2v) is 5.98. The Kier molecular flexibility index (Phi) is 4.66. The summed E-state index contributed by atoms with van der Waals surface area (Å²) in [6.45, 7) is 0. The second-order valence-electron chi connectivity index (χ2n) is 5.07. The van der Waals surface area contributed by atoms with Crippen molar-refractivity contribution in [2.24, 2.45) is 0 Å². The first-order valence-electron chi connectivity index (χ1n) is 6.64. The molecule has 2 rings (SSSR count). The van der Waals surface area contributed by atoms with Gasteiger partial charge >= 0.3 is 0 Å². The molecule has 1 saturated carbocycles. The van der Waals surface area contributed by atoms with Crippen LogP contribution in [0.15, 0.2) is 22.7 Å². The van der Waals surface area contributed by atoms with E-state index in [1.807, 2.05) is 12.1 Å². The minimum absolute atomic E-state index is 0.619. The highest BCUT2D eigenvalue weighted by molar-refractivity contribution is 9.10. The fourth-order valence-corrected chi connectivity index (χ4v) is 3.18. The summed E-state index contributed by atoms with van der Waals surface area (Å²) >= 11 is 3.48. The molecule has 0 bridgehead atoms. The van der Waals surface area contributed by atoms with Crippen LogP contribution in [0.5, 0.6) is 0 Å². The number of hydrogen-bond acceptors (Lipinski definition) is 2. The molecule has 0 unspecified atom stereocenters. The van der Waals surface area contributed by atoms with E-state index in [1.54, 1.807) is 0 Å². The van der Waals surface area contributed by atoms with Gasteiger partial charge in [0, 0.05) is 23.2 Å². The summed E-state index contributed by atoms with van der Waals surface area (Å²) in [5.74, 6) is 0. The first-order chi connectivity index (χ1) is 8.70. The molecule has 96 valence electrons. The topological polar surface area (TPSA) is 27.0 Å². The Morgan fingerprint density at radius 1 is 1.17 bits per heavy atom. The minimum atomic E-state index is 0.619. The van der Waals surface area contributed by atoms with Crippen molar-refractivity contribution in [2.75, 3.05) is 11.9 Å². The molecule has 2 nitrogen and oxygen atoms in total. The van der Waals surface area contributed by atoms with E-state index in [0.717, 1.165) is 15.7 Å². The Balaban J connectivity index is 2.19. The summed E-state index contributed by atoms with van der Waals surface area (Å²) in [5, 5.41) is 9.03. The number of rotatable bonds is 2. The van der Waals surface area contributed by atoms with E-state index < -0.39 is 0 Å². The third-order valence-electron chi connectivity index (χ3n) is 3.79. The van der Waals surface area contributed by atoms with Crippen LogP contribution in [0.25, 0.3) is 0 Å². The molecular formula is C15H19BrN2. The molecular weight excluding hydrogens is 288 g/mol. The number of nitrogens with zero attached hydrogens (tertiary/aromatic N) is 2. The van der Waals surface area contributed by atoms with Crippen LogP contribution in [0.3, 0.4) is 0 Å². The maximum atomic E-state index is 9.03. The Morgan fingerprint density at radius 2 is 1.83 bits per heavy atom. The molecule has 0 heterocycles.